The molecule has 1 aromatic carbocycles. The molecule has 1 N–H and O–H groups in total. The Hall–Kier alpha value is -1.26. The molecule has 0 aromatic heterocycles. The molecular formula is C15H22N2O2. The quantitative estimate of drug-likeness (QED) is 0.898. The Balaban J connectivity index is 1.87. The van der Waals surface area contributed by atoms with E-state index >= 15 is 0 Å². The molecule has 1 saturated heterocycles. The minimum absolute atomic E-state index is 0.475. The first-order chi connectivity index (χ1) is 9.29. The summed E-state index contributed by atoms with van der Waals surface area (Å²) in [5, 5.41) is 3.31. The van der Waals surface area contributed by atoms with Gasteiger partial charge in [0.15, 0.2) is 11.5 Å². The first-order valence-corrected chi connectivity index (χ1v) is 7.04. The summed E-state index contributed by atoms with van der Waals surface area (Å²) in [6.07, 6.45) is 1.25. The normalized spacial score (nSPS) is 26.6. The Bertz CT molecular complexity index is 448. The van der Waals surface area contributed by atoms with Crippen molar-refractivity contribution in [2.24, 2.45) is 5.92 Å². The molecule has 0 radical (unpaired) electrons. The lowest BCUT2D eigenvalue weighted by Crippen LogP contribution is -2.27. The minimum Gasteiger partial charge on any atom is -0.486 e. The fourth-order valence-corrected chi connectivity index (χ4v) is 3.27. The summed E-state index contributed by atoms with van der Waals surface area (Å²) in [6.45, 7) is 3.52. The summed E-state index contributed by atoms with van der Waals surface area (Å²) < 4.78 is 11.3. The van der Waals surface area contributed by atoms with E-state index in [1.807, 2.05) is 13.1 Å². The zero-order valence-corrected chi connectivity index (χ0v) is 11.7. The van der Waals surface area contributed by atoms with Crippen molar-refractivity contribution in [1.29, 1.82) is 0 Å². The summed E-state index contributed by atoms with van der Waals surface area (Å²) in [5.74, 6) is 2.44. The van der Waals surface area contributed by atoms with Gasteiger partial charge in [0.05, 0.1) is 0 Å². The van der Waals surface area contributed by atoms with Crippen LogP contribution < -0.4 is 14.8 Å². The number of ether oxygens (including phenoxy) is 2. The molecule has 0 bridgehead atoms. The zero-order chi connectivity index (χ0) is 13.2. The van der Waals surface area contributed by atoms with Gasteiger partial charge in [0.2, 0.25) is 0 Å². The van der Waals surface area contributed by atoms with E-state index in [1.54, 1.807) is 0 Å². The molecule has 2 atom stereocenters. The Labute approximate surface area is 114 Å². The minimum atomic E-state index is 0.475. The second-order valence-electron chi connectivity index (χ2n) is 5.43. The fraction of sp³-hybridized carbons (Fsp3) is 0.600. The Morgan fingerprint density at radius 3 is 2.84 bits per heavy atom. The van der Waals surface area contributed by atoms with Gasteiger partial charge in [-0.25, -0.2) is 0 Å². The second kappa shape index (κ2) is 5.39. The SMILES string of the molecule is CNCC1CCN(C)C1c1ccc2c(c1)OCCO2. The van der Waals surface area contributed by atoms with Crippen molar-refractivity contribution in [2.75, 3.05) is 40.4 Å². The maximum atomic E-state index is 5.69. The lowest BCUT2D eigenvalue weighted by Gasteiger charge is -2.27. The van der Waals surface area contributed by atoms with E-state index < -0.39 is 0 Å². The molecule has 2 aliphatic rings. The van der Waals surface area contributed by atoms with Crippen LogP contribution in [0.2, 0.25) is 0 Å². The molecule has 0 spiro atoms. The molecular weight excluding hydrogens is 240 g/mol. The lowest BCUT2D eigenvalue weighted by atomic mass is 9.93. The molecule has 3 rings (SSSR count). The molecule has 1 aromatic rings. The van der Waals surface area contributed by atoms with Crippen LogP contribution in [0.25, 0.3) is 0 Å². The van der Waals surface area contributed by atoms with Crippen molar-refractivity contribution in [3.63, 3.8) is 0 Å². The van der Waals surface area contributed by atoms with E-state index in [2.05, 4.69) is 29.4 Å². The van der Waals surface area contributed by atoms with E-state index in [9.17, 15) is 0 Å². The smallest absolute Gasteiger partial charge is 0.161 e. The van der Waals surface area contributed by atoms with Crippen LogP contribution in [0.3, 0.4) is 0 Å². The van der Waals surface area contributed by atoms with Crippen molar-refractivity contribution in [3.8, 4) is 11.5 Å². The molecule has 0 aliphatic carbocycles. The maximum Gasteiger partial charge on any atom is 0.161 e. The third-order valence-electron chi connectivity index (χ3n) is 4.15. The Kier molecular flexibility index (Phi) is 3.62. The molecule has 2 heterocycles. The van der Waals surface area contributed by atoms with Crippen molar-refractivity contribution in [3.05, 3.63) is 23.8 Å². The van der Waals surface area contributed by atoms with Gasteiger partial charge in [0.1, 0.15) is 13.2 Å². The van der Waals surface area contributed by atoms with Crippen molar-refractivity contribution >= 4 is 0 Å². The number of benzene rings is 1. The molecule has 2 aliphatic heterocycles. The molecule has 2 unspecified atom stereocenters. The number of nitrogens with zero attached hydrogens (tertiary/aromatic N) is 1. The molecule has 104 valence electrons. The van der Waals surface area contributed by atoms with Crippen LogP contribution in [0.4, 0.5) is 0 Å². The summed E-state index contributed by atoms with van der Waals surface area (Å²) in [7, 11) is 4.23. The molecule has 0 amide bonds. The second-order valence-corrected chi connectivity index (χ2v) is 5.43. The zero-order valence-electron chi connectivity index (χ0n) is 11.7. The van der Waals surface area contributed by atoms with Crippen molar-refractivity contribution < 1.29 is 9.47 Å². The number of fused-ring (bicyclic) bond motifs is 1. The maximum absolute atomic E-state index is 5.69. The van der Waals surface area contributed by atoms with Gasteiger partial charge in [-0.1, -0.05) is 6.07 Å². The highest BCUT2D eigenvalue weighted by molar-refractivity contribution is 5.45. The van der Waals surface area contributed by atoms with Gasteiger partial charge in [-0.05, 0) is 57.2 Å². The molecule has 0 saturated carbocycles. The highest BCUT2D eigenvalue weighted by Crippen LogP contribution is 2.40. The van der Waals surface area contributed by atoms with Crippen molar-refractivity contribution in [2.45, 2.75) is 12.5 Å². The first kappa shape index (κ1) is 12.8. The largest absolute Gasteiger partial charge is 0.486 e. The fourth-order valence-electron chi connectivity index (χ4n) is 3.27. The number of hydrogen-bond donors (Lipinski definition) is 1. The van der Waals surface area contributed by atoms with Crippen LogP contribution >= 0.6 is 0 Å². The highest BCUT2D eigenvalue weighted by atomic mass is 16.6. The topological polar surface area (TPSA) is 33.7 Å². The van der Waals surface area contributed by atoms with Gasteiger partial charge in [-0.3, -0.25) is 4.90 Å². The monoisotopic (exact) mass is 262 g/mol. The Morgan fingerprint density at radius 2 is 2.05 bits per heavy atom. The molecule has 19 heavy (non-hydrogen) atoms. The predicted octanol–water partition coefficient (Wildman–Crippen LogP) is 1.67. The van der Waals surface area contributed by atoms with E-state index in [1.165, 1.54) is 12.0 Å². The van der Waals surface area contributed by atoms with E-state index in [0.29, 0.717) is 25.2 Å². The van der Waals surface area contributed by atoms with E-state index in [-0.39, 0.29) is 0 Å². The summed E-state index contributed by atoms with van der Waals surface area (Å²) >= 11 is 0. The molecule has 4 heteroatoms. The number of hydrogen-bond acceptors (Lipinski definition) is 4. The molecule has 4 nitrogen and oxygen atoms in total. The van der Waals surface area contributed by atoms with Gasteiger partial charge in [-0.15, -0.1) is 0 Å². The van der Waals surface area contributed by atoms with Gasteiger partial charge in [0, 0.05) is 6.04 Å². The van der Waals surface area contributed by atoms with Crippen LogP contribution in [-0.2, 0) is 0 Å². The van der Waals surface area contributed by atoms with E-state index in [0.717, 1.165) is 24.6 Å². The van der Waals surface area contributed by atoms with Crippen LogP contribution in [0.1, 0.15) is 18.0 Å². The van der Waals surface area contributed by atoms with Crippen LogP contribution in [0.15, 0.2) is 18.2 Å². The molecule has 1 fully saturated rings. The number of nitrogens with one attached hydrogen (secondary N) is 1. The average Bonchev–Trinajstić information content (AvgIpc) is 2.80. The van der Waals surface area contributed by atoms with Gasteiger partial charge >= 0.3 is 0 Å². The Morgan fingerprint density at radius 1 is 1.26 bits per heavy atom. The summed E-state index contributed by atoms with van der Waals surface area (Å²) in [4.78, 5) is 2.44. The summed E-state index contributed by atoms with van der Waals surface area (Å²) in [5.41, 5.74) is 1.34. The highest BCUT2D eigenvalue weighted by Gasteiger charge is 2.33. The van der Waals surface area contributed by atoms with Gasteiger partial charge in [0.25, 0.3) is 0 Å². The summed E-state index contributed by atoms with van der Waals surface area (Å²) in [6, 6.07) is 6.86. The van der Waals surface area contributed by atoms with Crippen molar-refractivity contribution in [1.82, 2.24) is 10.2 Å². The van der Waals surface area contributed by atoms with Gasteiger partial charge in [-0.2, -0.15) is 0 Å². The van der Waals surface area contributed by atoms with Gasteiger partial charge < -0.3 is 14.8 Å². The third-order valence-corrected chi connectivity index (χ3v) is 4.15. The van der Waals surface area contributed by atoms with E-state index in [4.69, 9.17) is 9.47 Å². The van der Waals surface area contributed by atoms with Crippen LogP contribution in [-0.4, -0.2) is 45.3 Å². The number of likely N-dealkylation sites (tertiary alicyclic amines) is 1. The predicted molar refractivity (Wildman–Crippen MR) is 74.8 cm³/mol. The average molecular weight is 262 g/mol. The lowest BCUT2D eigenvalue weighted by molar-refractivity contribution is 0.170. The van der Waals surface area contributed by atoms with Crippen LogP contribution in [0, 0.1) is 5.92 Å². The standard InChI is InChI=1S/C15H22N2O2/c1-16-10-12-5-6-17(2)15(12)11-3-4-13-14(9-11)19-8-7-18-13/h3-4,9,12,15-16H,5-8,10H2,1-2H3. The third kappa shape index (κ3) is 2.42. The van der Waals surface area contributed by atoms with Crippen LogP contribution in [0.5, 0.6) is 11.5 Å². The first-order valence-electron chi connectivity index (χ1n) is 7.04. The number of rotatable bonds is 3.